The lowest BCUT2D eigenvalue weighted by molar-refractivity contribution is -0.206. The number of ether oxygens (including phenoxy) is 1. The van der Waals surface area contributed by atoms with E-state index in [1.165, 1.54) is 6.42 Å². The quantitative estimate of drug-likeness (QED) is 0.581. The standard InChI is InChI=1S/C6H10O2.C3H8/c7-5-2-1-4-3-6(5)8-4;1-3-2/h4-7H,1-3H2;3H2,1-2H3. The van der Waals surface area contributed by atoms with Crippen LogP contribution in [0, 0.1) is 0 Å². The molecule has 2 heterocycles. The molecular weight excluding hydrogens is 140 g/mol. The van der Waals surface area contributed by atoms with Crippen LogP contribution in [0.5, 0.6) is 0 Å². The number of rotatable bonds is 0. The van der Waals surface area contributed by atoms with Gasteiger partial charge in [0.05, 0.1) is 18.3 Å². The minimum absolute atomic E-state index is 0.153. The monoisotopic (exact) mass is 158 g/mol. The number of aliphatic hydroxyl groups excluding tert-OH is 1. The van der Waals surface area contributed by atoms with E-state index in [0.29, 0.717) is 6.10 Å². The first-order valence-corrected chi connectivity index (χ1v) is 4.61. The Morgan fingerprint density at radius 1 is 1.36 bits per heavy atom. The van der Waals surface area contributed by atoms with Crippen molar-refractivity contribution in [3.63, 3.8) is 0 Å². The van der Waals surface area contributed by atoms with Gasteiger partial charge in [-0.3, -0.25) is 0 Å². The molecule has 2 nitrogen and oxygen atoms in total. The molecule has 1 aliphatic carbocycles. The Morgan fingerprint density at radius 2 is 1.91 bits per heavy atom. The average molecular weight is 158 g/mol. The van der Waals surface area contributed by atoms with Crippen molar-refractivity contribution < 1.29 is 9.84 Å². The molecule has 1 N–H and O–H groups in total. The molecule has 0 spiro atoms. The van der Waals surface area contributed by atoms with Gasteiger partial charge in [0.25, 0.3) is 0 Å². The van der Waals surface area contributed by atoms with Gasteiger partial charge in [0, 0.05) is 6.42 Å². The topological polar surface area (TPSA) is 29.5 Å². The molecular formula is C9H18O2. The first-order valence-electron chi connectivity index (χ1n) is 4.61. The van der Waals surface area contributed by atoms with Crippen LogP contribution in [0.3, 0.4) is 0 Å². The number of aliphatic hydroxyl groups is 1. The fraction of sp³-hybridized carbons (Fsp3) is 1.00. The van der Waals surface area contributed by atoms with Crippen molar-refractivity contribution in [2.24, 2.45) is 0 Å². The molecule has 1 saturated carbocycles. The predicted molar refractivity (Wildman–Crippen MR) is 44.5 cm³/mol. The van der Waals surface area contributed by atoms with E-state index < -0.39 is 0 Å². The van der Waals surface area contributed by atoms with Gasteiger partial charge in [-0.15, -0.1) is 0 Å². The summed E-state index contributed by atoms with van der Waals surface area (Å²) < 4.78 is 5.24. The minimum Gasteiger partial charge on any atom is -0.390 e. The van der Waals surface area contributed by atoms with E-state index in [4.69, 9.17) is 9.84 Å². The molecule has 2 heteroatoms. The van der Waals surface area contributed by atoms with Crippen LogP contribution in [0.15, 0.2) is 0 Å². The summed E-state index contributed by atoms with van der Waals surface area (Å²) in [6.45, 7) is 4.25. The van der Waals surface area contributed by atoms with Crippen LogP contribution in [-0.2, 0) is 4.74 Å². The molecule has 11 heavy (non-hydrogen) atoms. The normalized spacial score (nSPS) is 40.1. The Hall–Kier alpha value is -0.0800. The van der Waals surface area contributed by atoms with Crippen molar-refractivity contribution in [2.75, 3.05) is 0 Å². The van der Waals surface area contributed by atoms with Gasteiger partial charge in [0.1, 0.15) is 0 Å². The van der Waals surface area contributed by atoms with Gasteiger partial charge in [0.2, 0.25) is 0 Å². The summed E-state index contributed by atoms with van der Waals surface area (Å²) >= 11 is 0. The van der Waals surface area contributed by atoms with Crippen molar-refractivity contribution in [1.29, 1.82) is 0 Å². The van der Waals surface area contributed by atoms with Crippen molar-refractivity contribution >= 4 is 0 Å². The predicted octanol–water partition coefficient (Wildman–Crippen LogP) is 1.71. The molecule has 66 valence electrons. The summed E-state index contributed by atoms with van der Waals surface area (Å²) in [5.74, 6) is 0. The van der Waals surface area contributed by atoms with E-state index >= 15 is 0 Å². The first-order chi connectivity index (χ1) is 5.27. The highest BCUT2D eigenvalue weighted by atomic mass is 16.5. The van der Waals surface area contributed by atoms with Gasteiger partial charge in [-0.05, 0) is 12.8 Å². The van der Waals surface area contributed by atoms with E-state index in [9.17, 15) is 0 Å². The number of hydrogen-bond acceptors (Lipinski definition) is 2. The lowest BCUT2D eigenvalue weighted by Gasteiger charge is -2.44. The zero-order valence-corrected chi connectivity index (χ0v) is 7.42. The van der Waals surface area contributed by atoms with Crippen molar-refractivity contribution in [3.05, 3.63) is 0 Å². The molecule has 0 amide bonds. The second-order valence-corrected chi connectivity index (χ2v) is 3.38. The summed E-state index contributed by atoms with van der Waals surface area (Å²) in [6, 6.07) is 0. The van der Waals surface area contributed by atoms with Gasteiger partial charge in [-0.25, -0.2) is 0 Å². The largest absolute Gasteiger partial charge is 0.390 e. The maximum Gasteiger partial charge on any atom is 0.0862 e. The van der Waals surface area contributed by atoms with Gasteiger partial charge < -0.3 is 9.84 Å². The Kier molecular flexibility index (Phi) is 3.34. The highest BCUT2D eigenvalue weighted by Gasteiger charge is 2.40. The van der Waals surface area contributed by atoms with Crippen LogP contribution < -0.4 is 0 Å². The maximum atomic E-state index is 9.09. The van der Waals surface area contributed by atoms with Crippen molar-refractivity contribution in [3.8, 4) is 0 Å². The van der Waals surface area contributed by atoms with Crippen LogP contribution >= 0.6 is 0 Å². The molecule has 0 aromatic rings. The fourth-order valence-corrected chi connectivity index (χ4v) is 1.47. The van der Waals surface area contributed by atoms with Crippen LogP contribution in [0.1, 0.15) is 39.5 Å². The zero-order chi connectivity index (χ0) is 8.27. The van der Waals surface area contributed by atoms with Gasteiger partial charge >= 0.3 is 0 Å². The first kappa shape index (κ1) is 9.01. The van der Waals surface area contributed by atoms with Crippen LogP contribution in [0.4, 0.5) is 0 Å². The Balaban J connectivity index is 0.000000179. The van der Waals surface area contributed by atoms with Crippen LogP contribution in [-0.4, -0.2) is 23.4 Å². The zero-order valence-electron chi connectivity index (χ0n) is 7.42. The summed E-state index contributed by atoms with van der Waals surface area (Å²) in [6.07, 6.45) is 4.92. The van der Waals surface area contributed by atoms with Crippen molar-refractivity contribution in [1.82, 2.24) is 0 Å². The molecule has 3 unspecified atom stereocenters. The number of hydrogen-bond donors (Lipinski definition) is 1. The second-order valence-electron chi connectivity index (χ2n) is 3.38. The Labute approximate surface area is 68.6 Å². The highest BCUT2D eigenvalue weighted by molar-refractivity contribution is 4.89. The Morgan fingerprint density at radius 3 is 2.09 bits per heavy atom. The summed E-state index contributed by atoms with van der Waals surface area (Å²) in [5, 5.41) is 9.09. The van der Waals surface area contributed by atoms with Gasteiger partial charge in [-0.2, -0.15) is 0 Å². The lowest BCUT2D eigenvalue weighted by Crippen LogP contribution is -2.50. The van der Waals surface area contributed by atoms with Crippen molar-refractivity contribution in [2.45, 2.75) is 57.8 Å². The molecule has 0 radical (unpaired) electrons. The molecule has 3 rings (SSSR count). The van der Waals surface area contributed by atoms with Gasteiger partial charge in [-0.1, -0.05) is 20.3 Å². The average Bonchev–Trinajstić information content (AvgIpc) is 1.86. The van der Waals surface area contributed by atoms with Gasteiger partial charge in [0.15, 0.2) is 0 Å². The molecule has 0 aromatic carbocycles. The second kappa shape index (κ2) is 4.07. The highest BCUT2D eigenvalue weighted by Crippen LogP contribution is 2.34. The van der Waals surface area contributed by atoms with E-state index in [1.807, 2.05) is 0 Å². The Bertz CT molecular complexity index is 103. The molecule has 2 saturated heterocycles. The lowest BCUT2D eigenvalue weighted by atomic mass is 9.87. The van der Waals surface area contributed by atoms with E-state index in [-0.39, 0.29) is 12.2 Å². The molecule has 2 aliphatic heterocycles. The maximum absolute atomic E-state index is 9.09. The number of fused-ring (bicyclic) bond motifs is 2. The molecule has 3 atom stereocenters. The van der Waals surface area contributed by atoms with E-state index in [1.54, 1.807) is 0 Å². The van der Waals surface area contributed by atoms with Crippen LogP contribution in [0.25, 0.3) is 0 Å². The third-order valence-corrected chi connectivity index (χ3v) is 2.08. The third kappa shape index (κ3) is 2.17. The molecule has 0 aromatic heterocycles. The van der Waals surface area contributed by atoms with E-state index in [0.717, 1.165) is 19.3 Å². The summed E-state index contributed by atoms with van der Waals surface area (Å²) in [5.41, 5.74) is 0. The van der Waals surface area contributed by atoms with Crippen LogP contribution in [0.2, 0.25) is 0 Å². The van der Waals surface area contributed by atoms with E-state index in [2.05, 4.69) is 13.8 Å². The molecule has 3 aliphatic rings. The smallest absolute Gasteiger partial charge is 0.0862 e. The molecule has 3 fully saturated rings. The SMILES string of the molecule is CCC.OC1CCC2CC1O2. The fourth-order valence-electron chi connectivity index (χ4n) is 1.47. The molecule has 2 bridgehead atoms. The minimum atomic E-state index is -0.153. The summed E-state index contributed by atoms with van der Waals surface area (Å²) in [7, 11) is 0. The summed E-state index contributed by atoms with van der Waals surface area (Å²) in [4.78, 5) is 0. The third-order valence-electron chi connectivity index (χ3n) is 2.08.